The summed E-state index contributed by atoms with van der Waals surface area (Å²) in [7, 11) is 0. The Bertz CT molecular complexity index is 737. The summed E-state index contributed by atoms with van der Waals surface area (Å²) < 4.78 is 0. The molecule has 2 aromatic carbocycles. The van der Waals surface area contributed by atoms with Gasteiger partial charge in [0.2, 0.25) is 5.91 Å². The van der Waals surface area contributed by atoms with Gasteiger partial charge in [-0.1, -0.05) is 47.5 Å². The Labute approximate surface area is 147 Å². The Morgan fingerprint density at radius 2 is 1.87 bits per heavy atom. The zero-order valence-electron chi connectivity index (χ0n) is 13.0. The van der Waals surface area contributed by atoms with E-state index in [9.17, 15) is 4.79 Å². The van der Waals surface area contributed by atoms with Crippen molar-refractivity contribution in [3.05, 3.63) is 75.6 Å². The van der Waals surface area contributed by atoms with Gasteiger partial charge in [0.05, 0.1) is 12.5 Å². The van der Waals surface area contributed by atoms with Gasteiger partial charge in [0.1, 0.15) is 0 Å². The smallest absolute Gasteiger partial charge is 0.227 e. The number of carbonyl (C=O) groups is 1. The lowest BCUT2D eigenvalue weighted by atomic mass is 9.90. The zero-order valence-corrected chi connectivity index (χ0v) is 14.5. The third-order valence-electron chi connectivity index (χ3n) is 4.54. The van der Waals surface area contributed by atoms with Gasteiger partial charge in [0.25, 0.3) is 0 Å². The van der Waals surface area contributed by atoms with Crippen molar-refractivity contribution >= 4 is 29.1 Å². The molecule has 3 rings (SSSR count). The first-order valence-corrected chi connectivity index (χ1v) is 8.40. The van der Waals surface area contributed by atoms with E-state index >= 15 is 0 Å². The highest BCUT2D eigenvalue weighted by Gasteiger charge is 2.28. The van der Waals surface area contributed by atoms with Crippen LogP contribution in [0.3, 0.4) is 0 Å². The van der Waals surface area contributed by atoms with Crippen LogP contribution in [0.4, 0.5) is 0 Å². The Kier molecular flexibility index (Phi) is 4.65. The van der Waals surface area contributed by atoms with E-state index in [-0.39, 0.29) is 18.4 Å². The zero-order chi connectivity index (χ0) is 16.6. The molecular formula is C19H18Cl2NO. The Hall–Kier alpha value is -1.51. The van der Waals surface area contributed by atoms with E-state index in [1.807, 2.05) is 17.0 Å². The van der Waals surface area contributed by atoms with Crippen LogP contribution >= 0.6 is 23.2 Å². The average Bonchev–Trinajstić information content (AvgIpc) is 2.52. The number of carbonyl (C=O) groups excluding carboxylic acids is 1. The molecule has 2 aromatic rings. The van der Waals surface area contributed by atoms with Gasteiger partial charge in [-0.25, -0.2) is 0 Å². The van der Waals surface area contributed by atoms with Gasteiger partial charge in [-0.05, 0) is 54.7 Å². The lowest BCUT2D eigenvalue weighted by Crippen LogP contribution is -2.40. The van der Waals surface area contributed by atoms with Crippen molar-refractivity contribution in [2.45, 2.75) is 25.8 Å². The highest BCUT2D eigenvalue weighted by molar-refractivity contribution is 6.36. The topological polar surface area (TPSA) is 20.3 Å². The van der Waals surface area contributed by atoms with E-state index < -0.39 is 0 Å². The van der Waals surface area contributed by atoms with E-state index in [0.717, 1.165) is 12.0 Å². The average molecular weight is 347 g/mol. The molecule has 119 valence electrons. The summed E-state index contributed by atoms with van der Waals surface area (Å²) in [5, 5.41) is 1.08. The number of amides is 1. The van der Waals surface area contributed by atoms with Gasteiger partial charge >= 0.3 is 0 Å². The van der Waals surface area contributed by atoms with Crippen LogP contribution in [-0.4, -0.2) is 17.4 Å². The second-order valence-corrected chi connectivity index (χ2v) is 6.69. The first kappa shape index (κ1) is 16.4. The van der Waals surface area contributed by atoms with Crippen molar-refractivity contribution in [1.82, 2.24) is 4.90 Å². The minimum atomic E-state index is 0.0363. The molecule has 1 heterocycles. The molecule has 0 saturated heterocycles. The van der Waals surface area contributed by atoms with Gasteiger partial charge in [-0.3, -0.25) is 4.79 Å². The third-order valence-corrected chi connectivity index (χ3v) is 5.25. The minimum absolute atomic E-state index is 0.0363. The quantitative estimate of drug-likeness (QED) is 0.759. The van der Waals surface area contributed by atoms with Crippen molar-refractivity contribution in [3.63, 3.8) is 0 Å². The molecular weight excluding hydrogens is 329 g/mol. The molecule has 1 radical (unpaired) electrons. The number of benzene rings is 2. The van der Waals surface area contributed by atoms with Crippen LogP contribution in [0.15, 0.2) is 36.4 Å². The normalized spacial score (nSPS) is 17.0. The van der Waals surface area contributed by atoms with Gasteiger partial charge in [0.15, 0.2) is 0 Å². The fraction of sp³-hybridized carbons (Fsp3) is 0.263. The van der Waals surface area contributed by atoms with Crippen LogP contribution in [-0.2, 0) is 17.6 Å². The monoisotopic (exact) mass is 346 g/mol. The molecule has 1 aliphatic heterocycles. The molecule has 0 spiro atoms. The molecule has 0 unspecified atom stereocenters. The molecule has 1 aliphatic rings. The summed E-state index contributed by atoms with van der Waals surface area (Å²) >= 11 is 12.4. The predicted octanol–water partition coefficient (Wildman–Crippen LogP) is 4.86. The van der Waals surface area contributed by atoms with Crippen LogP contribution in [0.5, 0.6) is 0 Å². The fourth-order valence-electron chi connectivity index (χ4n) is 3.24. The van der Waals surface area contributed by atoms with Crippen LogP contribution in [0.1, 0.15) is 35.2 Å². The predicted molar refractivity (Wildman–Crippen MR) is 94.9 cm³/mol. The van der Waals surface area contributed by atoms with Crippen molar-refractivity contribution in [2.24, 2.45) is 0 Å². The fourth-order valence-corrected chi connectivity index (χ4v) is 3.77. The van der Waals surface area contributed by atoms with Crippen LogP contribution in [0, 0.1) is 6.92 Å². The second kappa shape index (κ2) is 6.54. The van der Waals surface area contributed by atoms with Crippen LogP contribution in [0.25, 0.3) is 0 Å². The highest BCUT2D eigenvalue weighted by Crippen LogP contribution is 2.32. The molecule has 0 saturated carbocycles. The Balaban J connectivity index is 1.84. The maximum Gasteiger partial charge on any atom is 0.227 e. The second-order valence-electron chi connectivity index (χ2n) is 5.88. The lowest BCUT2D eigenvalue weighted by molar-refractivity contribution is -0.133. The molecule has 1 atom stereocenters. The summed E-state index contributed by atoms with van der Waals surface area (Å²) in [5.41, 5.74) is 4.20. The maximum absolute atomic E-state index is 12.8. The maximum atomic E-state index is 12.8. The van der Waals surface area contributed by atoms with Crippen LogP contribution in [0.2, 0.25) is 10.0 Å². The first-order chi connectivity index (χ1) is 11.0. The van der Waals surface area contributed by atoms with Gasteiger partial charge < -0.3 is 4.90 Å². The number of rotatable bonds is 2. The summed E-state index contributed by atoms with van der Waals surface area (Å²) in [6.07, 6.45) is 1.06. The Morgan fingerprint density at radius 3 is 2.57 bits per heavy atom. The van der Waals surface area contributed by atoms with E-state index in [1.54, 1.807) is 18.2 Å². The largest absolute Gasteiger partial charge is 0.335 e. The number of hydrogen-bond acceptors (Lipinski definition) is 1. The van der Waals surface area contributed by atoms with Crippen LogP contribution < -0.4 is 0 Å². The van der Waals surface area contributed by atoms with Crippen molar-refractivity contribution in [3.8, 4) is 0 Å². The molecule has 4 heteroatoms. The number of nitrogens with zero attached hydrogens (tertiary/aromatic N) is 1. The Morgan fingerprint density at radius 1 is 1.22 bits per heavy atom. The highest BCUT2D eigenvalue weighted by atomic mass is 35.5. The number of halogens is 2. The van der Waals surface area contributed by atoms with Gasteiger partial charge in [-0.2, -0.15) is 0 Å². The van der Waals surface area contributed by atoms with E-state index in [2.05, 4.69) is 19.9 Å². The van der Waals surface area contributed by atoms with Gasteiger partial charge in [-0.15, -0.1) is 0 Å². The lowest BCUT2D eigenvalue weighted by Gasteiger charge is -2.36. The summed E-state index contributed by atoms with van der Waals surface area (Å²) in [5.74, 6) is 0.0487. The standard InChI is InChI=1S/C19H18Cl2NO/c1-12-5-3-6-15-13(2)22(10-9-14(12)15)19(23)11-16-17(20)7-4-8-18(16)21/h3-8,13H,1,9-11H2,2H3/t13-/m0/s1. The molecule has 1 amide bonds. The van der Waals surface area contributed by atoms with Crippen molar-refractivity contribution < 1.29 is 4.79 Å². The number of fused-ring (bicyclic) bond motifs is 1. The molecule has 23 heavy (non-hydrogen) atoms. The first-order valence-electron chi connectivity index (χ1n) is 7.65. The van der Waals surface area contributed by atoms with Crippen molar-refractivity contribution in [1.29, 1.82) is 0 Å². The molecule has 0 N–H and O–H groups in total. The third kappa shape index (κ3) is 3.11. The number of hydrogen-bond donors (Lipinski definition) is 0. The van der Waals surface area contributed by atoms with E-state index in [0.29, 0.717) is 22.2 Å². The molecule has 2 nitrogen and oxygen atoms in total. The van der Waals surface area contributed by atoms with Crippen molar-refractivity contribution in [2.75, 3.05) is 6.54 Å². The van der Waals surface area contributed by atoms with E-state index in [4.69, 9.17) is 23.2 Å². The van der Waals surface area contributed by atoms with E-state index in [1.165, 1.54) is 11.1 Å². The minimum Gasteiger partial charge on any atom is -0.335 e. The molecule has 0 bridgehead atoms. The summed E-state index contributed by atoms with van der Waals surface area (Å²) in [4.78, 5) is 14.7. The van der Waals surface area contributed by atoms with Gasteiger partial charge in [0, 0.05) is 16.6 Å². The molecule has 0 fully saturated rings. The molecule has 0 aliphatic carbocycles. The summed E-state index contributed by atoms with van der Waals surface area (Å²) in [6, 6.07) is 11.4. The SMILES string of the molecule is [CH2]c1cccc2c1CCN(C(=O)Cc1c(Cl)cccc1Cl)[C@H]2C. The molecule has 0 aromatic heterocycles. The summed E-state index contributed by atoms with van der Waals surface area (Å²) in [6.45, 7) is 6.85.